The van der Waals surface area contributed by atoms with E-state index in [1.807, 2.05) is 0 Å². The molecule has 2 nitrogen and oxygen atoms in total. The second-order valence-corrected chi connectivity index (χ2v) is 9.26. The number of quaternary nitrogens is 1. The minimum atomic E-state index is 0. The molecule has 2 aromatic carbocycles. The van der Waals surface area contributed by atoms with Gasteiger partial charge in [-0.15, -0.1) is 0 Å². The van der Waals surface area contributed by atoms with E-state index in [9.17, 15) is 0 Å². The van der Waals surface area contributed by atoms with Crippen molar-refractivity contribution in [2.45, 2.75) is 57.4 Å². The van der Waals surface area contributed by atoms with Gasteiger partial charge in [-0.25, -0.2) is 0 Å². The van der Waals surface area contributed by atoms with E-state index in [2.05, 4.69) is 68.8 Å². The maximum atomic E-state index is 3.77. The highest BCUT2D eigenvalue weighted by Gasteiger charge is 2.30. The van der Waals surface area contributed by atoms with Crippen molar-refractivity contribution >= 4 is 5.69 Å². The Balaban J connectivity index is 0.00000225. The number of benzene rings is 2. The Morgan fingerprint density at radius 2 is 1.68 bits per heavy atom. The quantitative estimate of drug-likeness (QED) is 0.501. The summed E-state index contributed by atoms with van der Waals surface area (Å²) in [6.07, 6.45) is 7.83. The van der Waals surface area contributed by atoms with Crippen molar-refractivity contribution in [1.82, 2.24) is 0 Å². The Hall–Kier alpha value is -1.07. The number of anilines is 1. The van der Waals surface area contributed by atoms with Gasteiger partial charge in [0, 0.05) is 18.7 Å². The van der Waals surface area contributed by atoms with E-state index in [0.717, 1.165) is 12.6 Å². The third-order valence-electron chi connectivity index (χ3n) is 7.17. The van der Waals surface area contributed by atoms with E-state index < -0.39 is 0 Å². The van der Waals surface area contributed by atoms with Gasteiger partial charge in [0.2, 0.25) is 0 Å². The molecule has 1 heterocycles. The van der Waals surface area contributed by atoms with Crippen molar-refractivity contribution in [3.8, 4) is 0 Å². The summed E-state index contributed by atoms with van der Waals surface area (Å²) in [6, 6.07) is 16.6. The summed E-state index contributed by atoms with van der Waals surface area (Å²) < 4.78 is 1.20. The lowest BCUT2D eigenvalue weighted by atomic mass is 9.91. The molecule has 1 fully saturated rings. The molecular weight excluding hydrogens is 455 g/mol. The van der Waals surface area contributed by atoms with Crippen LogP contribution in [0.4, 0.5) is 5.69 Å². The normalized spacial score (nSPS) is 21.0. The van der Waals surface area contributed by atoms with Crippen LogP contribution in [0.25, 0.3) is 0 Å². The molecule has 4 rings (SSSR count). The topological polar surface area (TPSA) is 12.0 Å². The van der Waals surface area contributed by atoms with Crippen molar-refractivity contribution in [3.05, 3.63) is 64.7 Å². The molecule has 1 aliphatic carbocycles. The van der Waals surface area contributed by atoms with Gasteiger partial charge < -0.3 is 33.8 Å². The van der Waals surface area contributed by atoms with Crippen LogP contribution in [0.1, 0.15) is 53.9 Å². The first kappa shape index (κ1) is 21.6. The Morgan fingerprint density at radius 3 is 2.36 bits per heavy atom. The highest BCUT2D eigenvalue weighted by molar-refractivity contribution is 5.56. The van der Waals surface area contributed by atoms with Crippen LogP contribution < -0.4 is 29.3 Å². The number of piperidine rings is 1. The van der Waals surface area contributed by atoms with Gasteiger partial charge in [-0.05, 0) is 73.3 Å². The third kappa shape index (κ3) is 4.56. The summed E-state index contributed by atoms with van der Waals surface area (Å²) in [4.78, 5) is 0. The fourth-order valence-corrected chi connectivity index (χ4v) is 5.36. The van der Waals surface area contributed by atoms with Crippen molar-refractivity contribution in [3.63, 3.8) is 0 Å². The summed E-state index contributed by atoms with van der Waals surface area (Å²) in [6.45, 7) is 4.73. The van der Waals surface area contributed by atoms with Gasteiger partial charge >= 0.3 is 0 Å². The van der Waals surface area contributed by atoms with Crippen molar-refractivity contribution in [1.29, 1.82) is 0 Å². The van der Waals surface area contributed by atoms with Crippen LogP contribution in [0.15, 0.2) is 42.5 Å². The van der Waals surface area contributed by atoms with E-state index in [0.29, 0.717) is 5.92 Å². The average Bonchev–Trinajstić information content (AvgIpc) is 3.08. The monoisotopic (exact) mass is 490 g/mol. The number of hydrogen-bond donors (Lipinski definition) is 1. The molecule has 28 heavy (non-hydrogen) atoms. The number of halogens is 1. The molecule has 1 N–H and O–H groups in total. The second-order valence-electron chi connectivity index (χ2n) is 9.26. The predicted octanol–water partition coefficient (Wildman–Crippen LogP) is 2.31. The largest absolute Gasteiger partial charge is 1.00 e. The Bertz CT molecular complexity index is 774. The standard InChI is InChI=1S/C25H35N2.HI/c1-19-24(22-17-20-9-4-5-10-21(20)18-22)12-8-13-25(19)26-15-14-23-11-6-7-16-27(23,2)3;/h4-5,8-10,12-13,22-23,26H,6-7,11,14-18H2,1-3H3;1H/q+1;/p-1/t23-;/m0./s1. The van der Waals surface area contributed by atoms with Gasteiger partial charge in [0.05, 0.1) is 26.7 Å². The third-order valence-corrected chi connectivity index (χ3v) is 7.17. The number of rotatable bonds is 5. The minimum absolute atomic E-state index is 0. The van der Waals surface area contributed by atoms with Gasteiger partial charge in [0.25, 0.3) is 0 Å². The first-order chi connectivity index (χ1) is 13.0. The number of hydrogen-bond acceptors (Lipinski definition) is 1. The molecular formula is C25H35IN2. The van der Waals surface area contributed by atoms with Crippen LogP contribution in [0.5, 0.6) is 0 Å². The molecule has 2 aliphatic rings. The Kier molecular flexibility index (Phi) is 7.08. The molecule has 1 atom stereocenters. The Morgan fingerprint density at radius 1 is 0.964 bits per heavy atom. The highest BCUT2D eigenvalue weighted by atomic mass is 127. The van der Waals surface area contributed by atoms with Crippen molar-refractivity contribution < 1.29 is 28.5 Å². The molecule has 2 aromatic rings. The summed E-state index contributed by atoms with van der Waals surface area (Å²) >= 11 is 0. The van der Waals surface area contributed by atoms with E-state index in [1.54, 1.807) is 0 Å². The first-order valence-electron chi connectivity index (χ1n) is 10.8. The van der Waals surface area contributed by atoms with Gasteiger partial charge in [-0.1, -0.05) is 36.4 Å². The molecule has 1 aliphatic heterocycles. The molecule has 0 bridgehead atoms. The summed E-state index contributed by atoms with van der Waals surface area (Å²) in [5.74, 6) is 0.637. The summed E-state index contributed by atoms with van der Waals surface area (Å²) in [5, 5.41) is 3.77. The van der Waals surface area contributed by atoms with Crippen molar-refractivity contribution in [2.75, 3.05) is 32.5 Å². The average molecular weight is 490 g/mol. The second kappa shape index (κ2) is 9.17. The minimum Gasteiger partial charge on any atom is -1.00 e. The maximum Gasteiger partial charge on any atom is 0.0903 e. The highest BCUT2D eigenvalue weighted by Crippen LogP contribution is 2.37. The zero-order chi connectivity index (χ0) is 18.9. The molecule has 0 unspecified atom stereocenters. The number of fused-ring (bicyclic) bond motifs is 1. The number of likely N-dealkylation sites (tertiary alicyclic amines) is 1. The van der Waals surface area contributed by atoms with Crippen LogP contribution in [0.3, 0.4) is 0 Å². The van der Waals surface area contributed by atoms with Gasteiger partial charge in [-0.2, -0.15) is 0 Å². The lowest BCUT2D eigenvalue weighted by Gasteiger charge is -2.41. The molecule has 0 aromatic heterocycles. The molecule has 0 spiro atoms. The predicted molar refractivity (Wildman–Crippen MR) is 115 cm³/mol. The van der Waals surface area contributed by atoms with E-state index in [4.69, 9.17) is 0 Å². The van der Waals surface area contributed by atoms with E-state index in [1.165, 1.54) is 77.5 Å². The van der Waals surface area contributed by atoms with Crippen LogP contribution in [-0.4, -0.2) is 37.7 Å². The number of nitrogens with zero attached hydrogens (tertiary/aromatic N) is 1. The zero-order valence-electron chi connectivity index (χ0n) is 17.7. The summed E-state index contributed by atoms with van der Waals surface area (Å²) in [7, 11) is 4.82. The molecule has 3 heteroatoms. The summed E-state index contributed by atoms with van der Waals surface area (Å²) in [5.41, 5.74) is 7.40. The Labute approximate surface area is 188 Å². The maximum absolute atomic E-state index is 3.77. The van der Waals surface area contributed by atoms with Crippen molar-refractivity contribution in [2.24, 2.45) is 0 Å². The SMILES string of the molecule is Cc1c(NCC[C@@H]2CCCC[N+]2(C)C)cccc1C1Cc2ccccc2C1.[I-]. The number of nitrogens with one attached hydrogen (secondary N) is 1. The fraction of sp³-hybridized carbons (Fsp3) is 0.520. The van der Waals surface area contributed by atoms with E-state index in [-0.39, 0.29) is 24.0 Å². The lowest BCUT2D eigenvalue weighted by Crippen LogP contribution is -3.00. The van der Waals surface area contributed by atoms with Crippen LogP contribution in [0, 0.1) is 6.92 Å². The van der Waals surface area contributed by atoms with Crippen LogP contribution in [0.2, 0.25) is 0 Å². The fourth-order valence-electron chi connectivity index (χ4n) is 5.36. The van der Waals surface area contributed by atoms with Gasteiger partial charge in [0.1, 0.15) is 0 Å². The molecule has 0 amide bonds. The smallest absolute Gasteiger partial charge is 0.0903 e. The van der Waals surface area contributed by atoms with Crippen LogP contribution in [-0.2, 0) is 12.8 Å². The molecule has 1 saturated heterocycles. The van der Waals surface area contributed by atoms with Gasteiger partial charge in [0.15, 0.2) is 0 Å². The zero-order valence-corrected chi connectivity index (χ0v) is 19.8. The van der Waals surface area contributed by atoms with Crippen LogP contribution >= 0.6 is 0 Å². The first-order valence-corrected chi connectivity index (χ1v) is 10.8. The molecule has 0 radical (unpaired) electrons. The lowest BCUT2D eigenvalue weighted by molar-refractivity contribution is -0.920. The van der Waals surface area contributed by atoms with Gasteiger partial charge in [-0.3, -0.25) is 0 Å². The molecule has 152 valence electrons. The van der Waals surface area contributed by atoms with E-state index >= 15 is 0 Å². The molecule has 0 saturated carbocycles.